The Bertz CT molecular complexity index is 1290. The van der Waals surface area contributed by atoms with Crippen LogP contribution < -0.4 is 5.32 Å². The fourth-order valence-corrected chi connectivity index (χ4v) is 5.18. The average Bonchev–Trinajstić information content (AvgIpc) is 3.41. The molecule has 0 saturated carbocycles. The van der Waals surface area contributed by atoms with Crippen LogP contribution >= 0.6 is 0 Å². The van der Waals surface area contributed by atoms with Crippen LogP contribution in [0.3, 0.4) is 0 Å². The number of alkyl halides is 3. The second kappa shape index (κ2) is 9.74. The van der Waals surface area contributed by atoms with Gasteiger partial charge in [0.1, 0.15) is 17.4 Å². The van der Waals surface area contributed by atoms with E-state index in [0.29, 0.717) is 13.1 Å². The van der Waals surface area contributed by atoms with Gasteiger partial charge in [0.15, 0.2) is 5.79 Å². The Hall–Kier alpha value is -2.95. The quantitative estimate of drug-likeness (QED) is 0.529. The molecule has 3 aromatic rings. The largest absolute Gasteiger partial charge is 0.417 e. The summed E-state index contributed by atoms with van der Waals surface area (Å²) in [5, 5.41) is 2.86. The van der Waals surface area contributed by atoms with Crippen molar-refractivity contribution < 1.29 is 27.4 Å². The van der Waals surface area contributed by atoms with Crippen molar-refractivity contribution >= 4 is 11.6 Å². The van der Waals surface area contributed by atoms with Gasteiger partial charge in [0.05, 0.1) is 11.7 Å². The average molecular weight is 517 g/mol. The molecule has 0 spiro atoms. The molecule has 1 N–H and O–H groups in total. The molecule has 1 unspecified atom stereocenters. The van der Waals surface area contributed by atoms with Crippen LogP contribution in [0.25, 0.3) is 5.65 Å². The summed E-state index contributed by atoms with van der Waals surface area (Å²) in [7, 11) is 0. The second-order valence-corrected chi connectivity index (χ2v) is 10.4. The Labute approximate surface area is 213 Å². The summed E-state index contributed by atoms with van der Waals surface area (Å²) in [6.07, 6.45) is -1.64. The maximum absolute atomic E-state index is 13.0. The molecule has 4 heterocycles. The fourth-order valence-electron chi connectivity index (χ4n) is 5.18. The van der Waals surface area contributed by atoms with Gasteiger partial charge in [-0.2, -0.15) is 13.2 Å². The van der Waals surface area contributed by atoms with Gasteiger partial charge >= 0.3 is 6.18 Å². The molecule has 2 aromatic heterocycles. The third-order valence-electron chi connectivity index (χ3n) is 7.03. The van der Waals surface area contributed by atoms with Crippen LogP contribution in [-0.2, 0) is 28.6 Å². The van der Waals surface area contributed by atoms with Crippen molar-refractivity contribution in [3.8, 4) is 0 Å². The van der Waals surface area contributed by atoms with Gasteiger partial charge in [-0.25, -0.2) is 4.98 Å². The Morgan fingerprint density at radius 1 is 1.16 bits per heavy atom. The highest BCUT2D eigenvalue weighted by Gasteiger charge is 2.44. The number of carbonyl (C=O) groups excluding carboxylic acids is 1. The van der Waals surface area contributed by atoms with E-state index in [0.717, 1.165) is 31.8 Å². The maximum Gasteiger partial charge on any atom is 0.417 e. The number of benzene rings is 1. The normalized spacial score (nSPS) is 22.6. The van der Waals surface area contributed by atoms with Crippen LogP contribution in [0.4, 0.5) is 13.2 Å². The molecule has 2 aliphatic heterocycles. The number of amides is 1. The zero-order valence-electron chi connectivity index (χ0n) is 21.1. The molecule has 1 amide bonds. The number of fused-ring (bicyclic) bond motifs is 2. The number of nitrogens with one attached hydrogen (secondary N) is 1. The van der Waals surface area contributed by atoms with Gasteiger partial charge in [-0.05, 0) is 43.5 Å². The molecular weight excluding hydrogens is 485 g/mol. The molecule has 5 rings (SSSR count). The minimum absolute atomic E-state index is 0.0546. The van der Waals surface area contributed by atoms with Crippen molar-refractivity contribution in [2.75, 3.05) is 19.6 Å². The summed E-state index contributed by atoms with van der Waals surface area (Å²) >= 11 is 0. The predicted octanol–water partition coefficient (Wildman–Crippen LogP) is 4.30. The van der Waals surface area contributed by atoms with Crippen molar-refractivity contribution in [2.45, 2.75) is 57.9 Å². The van der Waals surface area contributed by atoms with E-state index in [-0.39, 0.29) is 29.5 Å². The monoisotopic (exact) mass is 516 g/mol. The summed E-state index contributed by atoms with van der Waals surface area (Å²) < 4.78 is 52.7. The Kier molecular flexibility index (Phi) is 6.76. The first-order valence-corrected chi connectivity index (χ1v) is 12.5. The lowest BCUT2D eigenvalue weighted by Crippen LogP contribution is -2.44. The SMILES string of the molecule is C[C@H](CNC(=O)c1cn2cc(C(F)(F)F)ccc2n1)C1OC(C)(C)O[C@H]1CN1CCc2ccccc2C1. The van der Waals surface area contributed by atoms with E-state index in [1.165, 1.54) is 27.8 Å². The predicted molar refractivity (Wildman–Crippen MR) is 131 cm³/mol. The van der Waals surface area contributed by atoms with Gasteiger partial charge in [-0.3, -0.25) is 9.69 Å². The molecule has 0 bridgehead atoms. The molecule has 37 heavy (non-hydrogen) atoms. The molecule has 0 radical (unpaired) electrons. The fraction of sp³-hybridized carbons (Fsp3) is 0.481. The van der Waals surface area contributed by atoms with Crippen LogP contribution in [0.2, 0.25) is 0 Å². The van der Waals surface area contributed by atoms with Crippen molar-refractivity contribution in [3.63, 3.8) is 0 Å². The highest BCUT2D eigenvalue weighted by molar-refractivity contribution is 5.92. The Morgan fingerprint density at radius 2 is 1.92 bits per heavy atom. The van der Waals surface area contributed by atoms with Gasteiger partial charge < -0.3 is 19.2 Å². The molecule has 198 valence electrons. The summed E-state index contributed by atoms with van der Waals surface area (Å²) in [5.74, 6) is -1.26. The number of rotatable bonds is 6. The molecule has 2 aliphatic rings. The Morgan fingerprint density at radius 3 is 2.68 bits per heavy atom. The minimum Gasteiger partial charge on any atom is -0.350 e. The lowest BCUT2D eigenvalue weighted by molar-refractivity contribution is -0.151. The number of ether oxygens (including phenoxy) is 2. The minimum atomic E-state index is -4.47. The van der Waals surface area contributed by atoms with E-state index < -0.39 is 23.4 Å². The van der Waals surface area contributed by atoms with Gasteiger partial charge in [-0.1, -0.05) is 31.2 Å². The number of nitrogens with zero attached hydrogens (tertiary/aromatic N) is 3. The molecule has 3 atom stereocenters. The smallest absolute Gasteiger partial charge is 0.350 e. The molecule has 1 aromatic carbocycles. The molecule has 1 fully saturated rings. The number of halogens is 3. The number of imidazole rings is 1. The summed E-state index contributed by atoms with van der Waals surface area (Å²) in [5.41, 5.74) is 2.24. The van der Waals surface area contributed by atoms with Crippen LogP contribution in [0, 0.1) is 5.92 Å². The first kappa shape index (κ1) is 25.7. The van der Waals surface area contributed by atoms with E-state index in [4.69, 9.17) is 9.47 Å². The van der Waals surface area contributed by atoms with E-state index >= 15 is 0 Å². The summed E-state index contributed by atoms with van der Waals surface area (Å²) in [4.78, 5) is 19.3. The lowest BCUT2D eigenvalue weighted by atomic mass is 9.96. The molecule has 1 saturated heterocycles. The first-order chi connectivity index (χ1) is 17.5. The second-order valence-electron chi connectivity index (χ2n) is 10.4. The number of pyridine rings is 1. The number of hydrogen-bond acceptors (Lipinski definition) is 5. The van der Waals surface area contributed by atoms with Gasteiger partial charge in [-0.15, -0.1) is 0 Å². The summed E-state index contributed by atoms with van der Waals surface area (Å²) in [6, 6.07) is 10.7. The zero-order valence-corrected chi connectivity index (χ0v) is 21.1. The van der Waals surface area contributed by atoms with Crippen LogP contribution in [0.1, 0.15) is 48.0 Å². The van der Waals surface area contributed by atoms with E-state index in [1.54, 1.807) is 0 Å². The topological polar surface area (TPSA) is 68.1 Å². The highest BCUT2D eigenvalue weighted by Crippen LogP contribution is 2.33. The maximum atomic E-state index is 13.0. The van der Waals surface area contributed by atoms with Crippen molar-refractivity contribution in [3.05, 3.63) is 71.2 Å². The third-order valence-corrected chi connectivity index (χ3v) is 7.03. The molecule has 10 heteroatoms. The van der Waals surface area contributed by atoms with E-state index in [9.17, 15) is 18.0 Å². The van der Waals surface area contributed by atoms with Crippen LogP contribution in [-0.4, -0.2) is 57.8 Å². The third kappa shape index (κ3) is 5.66. The lowest BCUT2D eigenvalue weighted by Gasteiger charge is -2.32. The van der Waals surface area contributed by atoms with Crippen LogP contribution in [0.5, 0.6) is 0 Å². The van der Waals surface area contributed by atoms with E-state index in [1.807, 2.05) is 20.8 Å². The Balaban J connectivity index is 1.22. The molecular formula is C27H31F3N4O3. The molecule has 0 aliphatic carbocycles. The standard InChI is InChI=1S/C27H31F3N4O3/c1-17(12-31-25(35)21-15-34-14-20(27(28,29)30)8-9-23(34)32-21)24-22(36-26(2,3)37-24)16-33-11-10-18-6-4-5-7-19(18)13-33/h4-9,14-15,17,22,24H,10-13,16H2,1-3H3,(H,31,35)/t17-,22+,24?/m1/s1. The van der Waals surface area contributed by atoms with Crippen LogP contribution in [0.15, 0.2) is 48.8 Å². The molecule has 7 nitrogen and oxygen atoms in total. The summed E-state index contributed by atoms with van der Waals surface area (Å²) in [6.45, 7) is 8.61. The zero-order chi connectivity index (χ0) is 26.4. The van der Waals surface area contributed by atoms with Gasteiger partial charge in [0, 0.05) is 44.5 Å². The van der Waals surface area contributed by atoms with Crippen molar-refractivity contribution in [1.82, 2.24) is 19.6 Å². The van der Waals surface area contributed by atoms with Gasteiger partial charge in [0.25, 0.3) is 5.91 Å². The number of hydrogen-bond donors (Lipinski definition) is 1. The van der Waals surface area contributed by atoms with Gasteiger partial charge in [0.2, 0.25) is 0 Å². The van der Waals surface area contributed by atoms with Crippen molar-refractivity contribution in [1.29, 1.82) is 0 Å². The van der Waals surface area contributed by atoms with E-state index in [2.05, 4.69) is 39.5 Å². The number of carbonyl (C=O) groups is 1. The highest BCUT2D eigenvalue weighted by atomic mass is 19.4. The number of aromatic nitrogens is 2. The van der Waals surface area contributed by atoms with Crippen molar-refractivity contribution in [2.24, 2.45) is 5.92 Å². The first-order valence-electron chi connectivity index (χ1n) is 12.5.